The van der Waals surface area contributed by atoms with Crippen LogP contribution in [0.1, 0.15) is 5.69 Å². The number of carbonyl (C=O) groups is 1. The molecule has 0 amide bonds. The molecule has 2 heterocycles. The van der Waals surface area contributed by atoms with Crippen LogP contribution in [0.15, 0.2) is 43.1 Å². The molecule has 5 heteroatoms. The number of aromatic nitrogens is 3. The number of imidazole rings is 1. The summed E-state index contributed by atoms with van der Waals surface area (Å²) in [6.45, 7) is 0.314. The molecule has 0 N–H and O–H groups in total. The van der Waals surface area contributed by atoms with Gasteiger partial charge in [0.1, 0.15) is 6.33 Å². The Balaban J connectivity index is 1.79. The molecule has 2 aromatic heterocycles. The van der Waals surface area contributed by atoms with Gasteiger partial charge in [0.05, 0.1) is 6.61 Å². The van der Waals surface area contributed by atoms with Gasteiger partial charge < -0.3 is 4.74 Å². The van der Waals surface area contributed by atoms with E-state index in [0.29, 0.717) is 13.0 Å². The van der Waals surface area contributed by atoms with E-state index in [1.54, 1.807) is 12.4 Å². The molecule has 0 aromatic carbocycles. The van der Waals surface area contributed by atoms with Crippen molar-refractivity contribution in [2.45, 2.75) is 6.42 Å². The van der Waals surface area contributed by atoms with Crippen LogP contribution in [0.4, 0.5) is 4.79 Å². The smallest absolute Gasteiger partial charge is 0.419 e. The molecule has 0 aliphatic heterocycles. The summed E-state index contributed by atoms with van der Waals surface area (Å²) in [6.07, 6.45) is 6.38. The Bertz CT molecular complexity index is 440. The van der Waals surface area contributed by atoms with Gasteiger partial charge in [-0.1, -0.05) is 6.07 Å². The lowest BCUT2D eigenvalue weighted by atomic mass is 10.3. The molecular weight excluding hydrogens is 206 g/mol. The van der Waals surface area contributed by atoms with Crippen molar-refractivity contribution in [2.75, 3.05) is 6.61 Å². The lowest BCUT2D eigenvalue weighted by molar-refractivity contribution is 0.149. The van der Waals surface area contributed by atoms with Gasteiger partial charge in [-0.15, -0.1) is 0 Å². The SMILES string of the molecule is O=C(OCCc1ccccn1)n1ccnc1. The molecule has 0 saturated carbocycles. The minimum Gasteiger partial charge on any atom is -0.448 e. The third-order valence-corrected chi connectivity index (χ3v) is 2.03. The molecule has 5 nitrogen and oxygen atoms in total. The van der Waals surface area contributed by atoms with Crippen LogP contribution >= 0.6 is 0 Å². The van der Waals surface area contributed by atoms with Crippen LogP contribution in [0.2, 0.25) is 0 Å². The monoisotopic (exact) mass is 217 g/mol. The second-order valence-corrected chi connectivity index (χ2v) is 3.16. The van der Waals surface area contributed by atoms with Crippen molar-refractivity contribution >= 4 is 6.09 Å². The largest absolute Gasteiger partial charge is 0.448 e. The fourth-order valence-electron chi connectivity index (χ4n) is 1.23. The van der Waals surface area contributed by atoms with Crippen LogP contribution in [-0.2, 0) is 11.2 Å². The molecule has 0 unspecified atom stereocenters. The van der Waals surface area contributed by atoms with Crippen LogP contribution in [0.25, 0.3) is 0 Å². The highest BCUT2D eigenvalue weighted by molar-refractivity contribution is 5.69. The van der Waals surface area contributed by atoms with E-state index in [1.165, 1.54) is 17.1 Å². The molecule has 0 bridgehead atoms. The Morgan fingerprint density at radius 2 is 2.31 bits per heavy atom. The molecule has 0 radical (unpaired) electrons. The van der Waals surface area contributed by atoms with Crippen LogP contribution in [0.5, 0.6) is 0 Å². The van der Waals surface area contributed by atoms with Crippen LogP contribution in [-0.4, -0.2) is 27.2 Å². The van der Waals surface area contributed by atoms with Crippen molar-refractivity contribution in [3.8, 4) is 0 Å². The minimum absolute atomic E-state index is 0.314. The summed E-state index contributed by atoms with van der Waals surface area (Å²) in [4.78, 5) is 19.3. The van der Waals surface area contributed by atoms with E-state index in [-0.39, 0.29) is 0 Å². The summed E-state index contributed by atoms with van der Waals surface area (Å²) in [7, 11) is 0. The molecule has 16 heavy (non-hydrogen) atoms. The summed E-state index contributed by atoms with van der Waals surface area (Å²) < 4.78 is 6.32. The van der Waals surface area contributed by atoms with Crippen LogP contribution in [0.3, 0.4) is 0 Å². The second-order valence-electron chi connectivity index (χ2n) is 3.16. The fourth-order valence-corrected chi connectivity index (χ4v) is 1.23. The fraction of sp³-hybridized carbons (Fsp3) is 0.182. The maximum Gasteiger partial charge on any atom is 0.419 e. The minimum atomic E-state index is -0.423. The van der Waals surface area contributed by atoms with E-state index in [9.17, 15) is 4.79 Å². The van der Waals surface area contributed by atoms with Gasteiger partial charge in [0.2, 0.25) is 0 Å². The Kier molecular flexibility index (Phi) is 3.28. The number of pyridine rings is 1. The van der Waals surface area contributed by atoms with Gasteiger partial charge in [-0.25, -0.2) is 14.3 Å². The van der Waals surface area contributed by atoms with E-state index in [2.05, 4.69) is 9.97 Å². The molecule has 82 valence electrons. The van der Waals surface area contributed by atoms with Gasteiger partial charge in [-0.2, -0.15) is 0 Å². The first-order valence-corrected chi connectivity index (χ1v) is 4.91. The van der Waals surface area contributed by atoms with Crippen molar-refractivity contribution in [3.05, 3.63) is 48.8 Å². The van der Waals surface area contributed by atoms with E-state index >= 15 is 0 Å². The Labute approximate surface area is 92.7 Å². The predicted molar refractivity (Wildman–Crippen MR) is 56.9 cm³/mol. The van der Waals surface area contributed by atoms with Crippen molar-refractivity contribution in [2.24, 2.45) is 0 Å². The van der Waals surface area contributed by atoms with Crippen LogP contribution in [0, 0.1) is 0 Å². The Morgan fingerprint density at radius 3 is 3.00 bits per heavy atom. The summed E-state index contributed by atoms with van der Waals surface area (Å²) in [5, 5.41) is 0. The van der Waals surface area contributed by atoms with Gasteiger partial charge in [0.15, 0.2) is 0 Å². The lowest BCUT2D eigenvalue weighted by Crippen LogP contribution is -2.13. The molecule has 0 fully saturated rings. The summed E-state index contributed by atoms with van der Waals surface area (Å²) in [5.41, 5.74) is 0.904. The number of rotatable bonds is 3. The Morgan fingerprint density at radius 1 is 1.38 bits per heavy atom. The maximum absolute atomic E-state index is 11.4. The summed E-state index contributed by atoms with van der Waals surface area (Å²) in [6, 6.07) is 5.64. The second kappa shape index (κ2) is 5.06. The molecule has 2 aromatic rings. The molecule has 0 atom stereocenters. The average Bonchev–Trinajstić information content (AvgIpc) is 2.84. The highest BCUT2D eigenvalue weighted by atomic mass is 16.5. The zero-order chi connectivity index (χ0) is 11.2. The van der Waals surface area contributed by atoms with Crippen LogP contribution < -0.4 is 0 Å². The van der Waals surface area contributed by atoms with E-state index in [1.807, 2.05) is 18.2 Å². The van der Waals surface area contributed by atoms with E-state index in [4.69, 9.17) is 4.74 Å². The molecule has 0 aliphatic carbocycles. The summed E-state index contributed by atoms with van der Waals surface area (Å²) >= 11 is 0. The predicted octanol–water partition coefficient (Wildman–Crippen LogP) is 1.51. The standard InChI is InChI=1S/C11H11N3O2/c15-11(14-7-6-12-9-14)16-8-4-10-3-1-2-5-13-10/h1-3,5-7,9H,4,8H2. The van der Waals surface area contributed by atoms with Gasteiger partial charge in [-0.3, -0.25) is 4.98 Å². The van der Waals surface area contributed by atoms with Gasteiger partial charge in [0, 0.05) is 30.7 Å². The van der Waals surface area contributed by atoms with Gasteiger partial charge in [-0.05, 0) is 12.1 Å². The highest BCUT2D eigenvalue weighted by Crippen LogP contribution is 1.96. The van der Waals surface area contributed by atoms with E-state index < -0.39 is 6.09 Å². The van der Waals surface area contributed by atoms with Crippen molar-refractivity contribution < 1.29 is 9.53 Å². The highest BCUT2D eigenvalue weighted by Gasteiger charge is 2.04. The topological polar surface area (TPSA) is 57.0 Å². The third kappa shape index (κ3) is 2.66. The molecule has 0 aliphatic rings. The normalized spacial score (nSPS) is 10.0. The zero-order valence-corrected chi connectivity index (χ0v) is 8.61. The van der Waals surface area contributed by atoms with Crippen molar-refractivity contribution in [1.82, 2.24) is 14.5 Å². The van der Waals surface area contributed by atoms with E-state index in [0.717, 1.165) is 5.69 Å². The number of nitrogens with zero attached hydrogens (tertiary/aromatic N) is 3. The Hall–Kier alpha value is -2.17. The summed E-state index contributed by atoms with van der Waals surface area (Å²) in [5.74, 6) is 0. The van der Waals surface area contributed by atoms with Crippen molar-refractivity contribution in [3.63, 3.8) is 0 Å². The number of ether oxygens (including phenoxy) is 1. The number of carbonyl (C=O) groups excluding carboxylic acids is 1. The first kappa shape index (κ1) is 10.4. The van der Waals surface area contributed by atoms with Crippen molar-refractivity contribution in [1.29, 1.82) is 0 Å². The number of hydrogen-bond acceptors (Lipinski definition) is 4. The third-order valence-electron chi connectivity index (χ3n) is 2.03. The maximum atomic E-state index is 11.4. The lowest BCUT2D eigenvalue weighted by Gasteiger charge is -2.03. The van der Waals surface area contributed by atoms with Gasteiger partial charge >= 0.3 is 6.09 Å². The molecule has 2 rings (SSSR count). The molecule has 0 spiro atoms. The first-order chi connectivity index (χ1) is 7.86. The van der Waals surface area contributed by atoms with Gasteiger partial charge in [0.25, 0.3) is 0 Å². The molecular formula is C11H11N3O2. The average molecular weight is 217 g/mol. The zero-order valence-electron chi connectivity index (χ0n) is 8.61. The molecule has 0 saturated heterocycles. The first-order valence-electron chi connectivity index (χ1n) is 4.91. The quantitative estimate of drug-likeness (QED) is 0.781. The number of hydrogen-bond donors (Lipinski definition) is 0.